The summed E-state index contributed by atoms with van der Waals surface area (Å²) in [5.74, 6) is 0. The van der Waals surface area contributed by atoms with Crippen LogP contribution in [0.5, 0.6) is 0 Å². The fourth-order valence-electron chi connectivity index (χ4n) is 7.18. The van der Waals surface area contributed by atoms with Gasteiger partial charge < -0.3 is 0 Å². The van der Waals surface area contributed by atoms with Crippen molar-refractivity contribution in [3.05, 3.63) is 143 Å². The number of rotatable bonds is 6. The molecule has 10 rings (SSSR count). The van der Waals surface area contributed by atoms with E-state index in [2.05, 4.69) is 18.2 Å². The van der Waals surface area contributed by atoms with E-state index in [4.69, 9.17) is 59.8 Å². The van der Waals surface area contributed by atoms with Gasteiger partial charge in [-0.2, -0.15) is 0 Å². The first-order valence-corrected chi connectivity index (χ1v) is 19.6. The molecular formula is C48H36N12. The van der Waals surface area contributed by atoms with Crippen LogP contribution in [0.3, 0.4) is 0 Å². The van der Waals surface area contributed by atoms with E-state index in [9.17, 15) is 0 Å². The molecule has 288 valence electrons. The van der Waals surface area contributed by atoms with Gasteiger partial charge >= 0.3 is 0 Å². The SMILES string of the molecule is Cc1nc2nc(-c3ccccc3)c(-c3cc(-c4nc5nc(C)c(C)nc5nc4-c4ccccc4)cc(-c4nc5nc(C)c(C)nc5nc4-c4ccccc4)c3)nc2nc1C. The van der Waals surface area contributed by atoms with Crippen LogP contribution in [0.4, 0.5) is 0 Å². The monoisotopic (exact) mass is 780 g/mol. The number of hydrogen-bond acceptors (Lipinski definition) is 12. The lowest BCUT2D eigenvalue weighted by atomic mass is 9.94. The van der Waals surface area contributed by atoms with Gasteiger partial charge in [0.1, 0.15) is 0 Å². The standard InChI is InChI=1S/C48H36N12/c1-25-28(4)52-46-43(49-25)55-37(31-16-10-7-11-17-31)40(58-46)34-22-35(41-38(32-18-12-8-13-19-32)56-44-47(59-41)53-29(5)26(2)50-44)24-36(23-34)42-39(33-20-14-9-15-21-33)57-45-48(60-42)54-30(6)27(3)51-45/h7-24H,1-6H3. The largest absolute Gasteiger partial charge is 0.229 e. The fraction of sp³-hybridized carbons (Fsp3) is 0.125. The second kappa shape index (κ2) is 14.5. The maximum absolute atomic E-state index is 5.24. The number of hydrogen-bond donors (Lipinski definition) is 0. The van der Waals surface area contributed by atoms with Crippen molar-refractivity contribution in [2.75, 3.05) is 0 Å². The van der Waals surface area contributed by atoms with Gasteiger partial charge in [0.15, 0.2) is 33.9 Å². The first-order valence-electron chi connectivity index (χ1n) is 19.6. The van der Waals surface area contributed by atoms with Crippen molar-refractivity contribution in [3.63, 3.8) is 0 Å². The van der Waals surface area contributed by atoms with Crippen molar-refractivity contribution in [1.82, 2.24) is 59.8 Å². The highest BCUT2D eigenvalue weighted by Crippen LogP contribution is 2.40. The molecule has 60 heavy (non-hydrogen) atoms. The minimum Gasteiger partial charge on any atom is -0.229 e. The lowest BCUT2D eigenvalue weighted by Gasteiger charge is -2.17. The third kappa shape index (κ3) is 6.53. The highest BCUT2D eigenvalue weighted by atomic mass is 15.0. The summed E-state index contributed by atoms with van der Waals surface area (Å²) >= 11 is 0. The summed E-state index contributed by atoms with van der Waals surface area (Å²) in [5, 5.41) is 0. The van der Waals surface area contributed by atoms with Crippen LogP contribution < -0.4 is 0 Å². The molecule has 10 aromatic rings. The summed E-state index contributed by atoms with van der Waals surface area (Å²) in [6.45, 7) is 11.6. The first-order chi connectivity index (χ1) is 29.2. The molecule has 6 heterocycles. The lowest BCUT2D eigenvalue weighted by Crippen LogP contribution is -2.04. The summed E-state index contributed by atoms with van der Waals surface area (Å²) < 4.78 is 0. The van der Waals surface area contributed by atoms with Crippen LogP contribution in [-0.4, -0.2) is 59.8 Å². The van der Waals surface area contributed by atoms with Crippen molar-refractivity contribution in [2.24, 2.45) is 0 Å². The maximum Gasteiger partial charge on any atom is 0.198 e. The zero-order valence-corrected chi connectivity index (χ0v) is 33.8. The molecule has 0 N–H and O–H groups in total. The van der Waals surface area contributed by atoms with Gasteiger partial charge in [-0.3, -0.25) is 0 Å². The van der Waals surface area contributed by atoms with Crippen LogP contribution >= 0.6 is 0 Å². The molecule has 4 aromatic carbocycles. The van der Waals surface area contributed by atoms with Gasteiger partial charge in [-0.25, -0.2) is 59.8 Å². The molecule has 0 aliphatic heterocycles. The molecule has 0 bridgehead atoms. The van der Waals surface area contributed by atoms with E-state index in [0.717, 1.165) is 67.5 Å². The Morgan fingerprint density at radius 1 is 0.217 bits per heavy atom. The highest BCUT2D eigenvalue weighted by molar-refractivity contribution is 5.93. The quantitative estimate of drug-likeness (QED) is 0.158. The summed E-state index contributed by atoms with van der Waals surface area (Å²) in [7, 11) is 0. The Labute approximate surface area is 345 Å². The number of nitrogens with zero attached hydrogens (tertiary/aromatic N) is 12. The Bertz CT molecular complexity index is 2950. The zero-order chi connectivity index (χ0) is 41.1. The molecular weight excluding hydrogens is 745 g/mol. The third-order valence-electron chi connectivity index (χ3n) is 10.7. The van der Waals surface area contributed by atoms with Gasteiger partial charge in [0.25, 0.3) is 0 Å². The van der Waals surface area contributed by atoms with Crippen LogP contribution in [-0.2, 0) is 0 Å². The van der Waals surface area contributed by atoms with Crippen molar-refractivity contribution in [2.45, 2.75) is 41.5 Å². The predicted molar refractivity (Wildman–Crippen MR) is 234 cm³/mol. The van der Waals surface area contributed by atoms with Crippen molar-refractivity contribution in [3.8, 4) is 67.5 Å². The first kappa shape index (κ1) is 36.5. The predicted octanol–water partition coefficient (Wildman–Crippen LogP) is 9.74. The van der Waals surface area contributed by atoms with Crippen LogP contribution in [0.15, 0.2) is 109 Å². The molecule has 0 aliphatic carbocycles. The van der Waals surface area contributed by atoms with Crippen molar-refractivity contribution >= 4 is 33.9 Å². The van der Waals surface area contributed by atoms with Gasteiger partial charge in [-0.1, -0.05) is 91.0 Å². The van der Waals surface area contributed by atoms with E-state index in [-0.39, 0.29) is 0 Å². The van der Waals surface area contributed by atoms with Gasteiger partial charge in [0.2, 0.25) is 0 Å². The molecule has 0 unspecified atom stereocenters. The van der Waals surface area contributed by atoms with Crippen LogP contribution in [0.1, 0.15) is 34.2 Å². The Morgan fingerprint density at radius 2 is 0.400 bits per heavy atom. The fourth-order valence-corrected chi connectivity index (χ4v) is 7.18. The Kier molecular flexibility index (Phi) is 8.82. The summed E-state index contributed by atoms with van der Waals surface area (Å²) in [5.41, 5.74) is 16.1. The highest BCUT2D eigenvalue weighted by Gasteiger charge is 2.23. The topological polar surface area (TPSA) is 155 Å². The molecule has 6 aromatic heterocycles. The molecule has 12 heteroatoms. The molecule has 0 atom stereocenters. The number of aryl methyl sites for hydroxylation is 6. The van der Waals surface area contributed by atoms with E-state index in [0.29, 0.717) is 68.0 Å². The number of benzene rings is 4. The smallest absolute Gasteiger partial charge is 0.198 e. The molecule has 0 fully saturated rings. The minimum atomic E-state index is 0.438. The normalized spacial score (nSPS) is 11.5. The second-order valence-electron chi connectivity index (χ2n) is 14.8. The van der Waals surface area contributed by atoms with E-state index in [1.165, 1.54) is 0 Å². The lowest BCUT2D eigenvalue weighted by molar-refractivity contribution is 1.05. The second-order valence-corrected chi connectivity index (χ2v) is 14.8. The molecule has 0 saturated heterocycles. The zero-order valence-electron chi connectivity index (χ0n) is 33.8. The number of aromatic nitrogens is 12. The van der Waals surface area contributed by atoms with Gasteiger partial charge in [0.05, 0.1) is 68.3 Å². The maximum atomic E-state index is 5.24. The summed E-state index contributed by atoms with van der Waals surface area (Å²) in [6, 6.07) is 36.2. The van der Waals surface area contributed by atoms with E-state index in [1.807, 2.05) is 133 Å². The molecule has 0 amide bonds. The minimum absolute atomic E-state index is 0.438. The Hall–Kier alpha value is -7.86. The van der Waals surface area contributed by atoms with E-state index >= 15 is 0 Å². The van der Waals surface area contributed by atoms with Crippen LogP contribution in [0, 0.1) is 41.5 Å². The Balaban J connectivity index is 1.34. The molecule has 0 radical (unpaired) electrons. The van der Waals surface area contributed by atoms with Gasteiger partial charge in [-0.05, 0) is 59.7 Å². The number of fused-ring (bicyclic) bond motifs is 3. The third-order valence-corrected chi connectivity index (χ3v) is 10.7. The average Bonchev–Trinajstić information content (AvgIpc) is 3.27. The summed E-state index contributed by atoms with van der Waals surface area (Å²) in [6.07, 6.45) is 0. The molecule has 0 saturated carbocycles. The van der Waals surface area contributed by atoms with Gasteiger partial charge in [-0.15, -0.1) is 0 Å². The van der Waals surface area contributed by atoms with E-state index in [1.54, 1.807) is 0 Å². The molecule has 12 nitrogen and oxygen atoms in total. The van der Waals surface area contributed by atoms with E-state index < -0.39 is 0 Å². The van der Waals surface area contributed by atoms with Gasteiger partial charge in [0, 0.05) is 33.4 Å². The summed E-state index contributed by atoms with van der Waals surface area (Å²) in [4.78, 5) is 60.1. The average molecular weight is 781 g/mol. The Morgan fingerprint density at radius 3 is 0.600 bits per heavy atom. The van der Waals surface area contributed by atoms with Crippen molar-refractivity contribution in [1.29, 1.82) is 0 Å². The van der Waals surface area contributed by atoms with Crippen LogP contribution in [0.25, 0.3) is 101 Å². The van der Waals surface area contributed by atoms with Crippen molar-refractivity contribution < 1.29 is 0 Å². The molecule has 0 aliphatic rings. The molecule has 0 spiro atoms. The van der Waals surface area contributed by atoms with Crippen LogP contribution in [0.2, 0.25) is 0 Å².